The fourth-order valence-corrected chi connectivity index (χ4v) is 2.23. The Morgan fingerprint density at radius 3 is 2.47 bits per heavy atom. The maximum absolute atomic E-state index is 12.5. The number of rotatable bonds is 2. The number of nitrogens with one attached hydrogen (secondary N) is 2. The molecule has 1 aromatic carbocycles. The molecule has 19 heavy (non-hydrogen) atoms. The van der Waals surface area contributed by atoms with Gasteiger partial charge in [-0.2, -0.15) is 0 Å². The third-order valence-corrected chi connectivity index (χ3v) is 3.37. The summed E-state index contributed by atoms with van der Waals surface area (Å²) in [7, 11) is 2.13. The lowest BCUT2D eigenvalue weighted by Crippen LogP contribution is -3.12. The smallest absolute Gasteiger partial charge is 0.256 e. The maximum Gasteiger partial charge on any atom is 0.256 e. The van der Waals surface area contributed by atoms with E-state index >= 15 is 0 Å². The Balaban J connectivity index is 2.16. The Bertz CT molecular complexity index is 479. The highest BCUT2D eigenvalue weighted by atomic mass is 16.2. The SMILES string of the molecule is CC(=O)Nc1ccccc1C(=O)N1CC[NH+](C)CC1. The van der Waals surface area contributed by atoms with Crippen LogP contribution in [-0.4, -0.2) is 49.9 Å². The third-order valence-electron chi connectivity index (χ3n) is 3.37. The summed E-state index contributed by atoms with van der Waals surface area (Å²) in [4.78, 5) is 26.9. The highest BCUT2D eigenvalue weighted by Crippen LogP contribution is 2.17. The van der Waals surface area contributed by atoms with Crippen LogP contribution in [-0.2, 0) is 4.79 Å². The van der Waals surface area contributed by atoms with Crippen molar-refractivity contribution in [3.63, 3.8) is 0 Å². The van der Waals surface area contributed by atoms with E-state index in [1.807, 2.05) is 17.0 Å². The van der Waals surface area contributed by atoms with Gasteiger partial charge in [0.15, 0.2) is 0 Å². The molecule has 0 unspecified atom stereocenters. The quantitative estimate of drug-likeness (QED) is 0.763. The predicted octanol–water partition coefficient (Wildman–Crippen LogP) is -0.384. The Morgan fingerprint density at radius 2 is 1.84 bits per heavy atom. The number of carbonyl (C=O) groups excluding carboxylic acids is 2. The van der Waals surface area contributed by atoms with E-state index in [4.69, 9.17) is 0 Å². The normalized spacial score (nSPS) is 16.2. The first kappa shape index (κ1) is 13.5. The van der Waals surface area contributed by atoms with Crippen LogP contribution in [0, 0.1) is 0 Å². The number of hydrogen-bond acceptors (Lipinski definition) is 2. The lowest BCUT2D eigenvalue weighted by molar-refractivity contribution is -0.883. The monoisotopic (exact) mass is 262 g/mol. The molecule has 1 aliphatic rings. The lowest BCUT2D eigenvalue weighted by Gasteiger charge is -2.30. The molecular formula is C14H20N3O2+. The van der Waals surface area contributed by atoms with Crippen molar-refractivity contribution in [1.82, 2.24) is 4.90 Å². The molecule has 1 fully saturated rings. The number of piperazine rings is 1. The van der Waals surface area contributed by atoms with Crippen LogP contribution in [0.4, 0.5) is 5.69 Å². The fourth-order valence-electron chi connectivity index (χ4n) is 2.23. The van der Waals surface area contributed by atoms with Gasteiger partial charge in [-0.25, -0.2) is 0 Å². The number of para-hydroxylation sites is 1. The van der Waals surface area contributed by atoms with E-state index in [-0.39, 0.29) is 11.8 Å². The maximum atomic E-state index is 12.5. The molecule has 2 amide bonds. The Labute approximate surface area is 113 Å². The molecule has 0 aliphatic carbocycles. The van der Waals surface area contributed by atoms with Crippen molar-refractivity contribution < 1.29 is 14.5 Å². The van der Waals surface area contributed by atoms with Crippen LogP contribution < -0.4 is 10.2 Å². The number of nitrogens with zero attached hydrogens (tertiary/aromatic N) is 1. The summed E-state index contributed by atoms with van der Waals surface area (Å²) in [6.45, 7) is 4.90. The van der Waals surface area contributed by atoms with Crippen molar-refractivity contribution in [2.75, 3.05) is 38.5 Å². The zero-order valence-electron chi connectivity index (χ0n) is 11.4. The highest BCUT2D eigenvalue weighted by Gasteiger charge is 2.24. The molecule has 1 aromatic rings. The second-order valence-corrected chi connectivity index (χ2v) is 4.98. The Morgan fingerprint density at radius 1 is 1.21 bits per heavy atom. The van der Waals surface area contributed by atoms with E-state index in [0.717, 1.165) is 26.2 Å². The van der Waals surface area contributed by atoms with Gasteiger partial charge in [0, 0.05) is 6.92 Å². The molecule has 5 heteroatoms. The molecular weight excluding hydrogens is 242 g/mol. The van der Waals surface area contributed by atoms with Crippen molar-refractivity contribution in [2.24, 2.45) is 0 Å². The zero-order valence-corrected chi connectivity index (χ0v) is 11.4. The molecule has 1 aliphatic heterocycles. The van der Waals surface area contributed by atoms with E-state index in [0.29, 0.717) is 11.3 Å². The molecule has 2 rings (SSSR count). The van der Waals surface area contributed by atoms with Gasteiger partial charge in [-0.15, -0.1) is 0 Å². The van der Waals surface area contributed by atoms with Gasteiger partial charge in [-0.3, -0.25) is 9.59 Å². The average Bonchev–Trinajstić information content (AvgIpc) is 2.39. The highest BCUT2D eigenvalue weighted by molar-refractivity contribution is 6.03. The second kappa shape index (κ2) is 5.84. The standard InChI is InChI=1S/C14H19N3O2/c1-11(18)15-13-6-4-3-5-12(13)14(19)17-9-7-16(2)8-10-17/h3-6H,7-10H2,1-2H3,(H,15,18)/p+1. The molecule has 5 nitrogen and oxygen atoms in total. The van der Waals surface area contributed by atoms with Gasteiger partial charge in [0.05, 0.1) is 44.5 Å². The van der Waals surface area contributed by atoms with Crippen LogP contribution in [0.5, 0.6) is 0 Å². The largest absolute Gasteiger partial charge is 0.334 e. The minimum absolute atomic E-state index is 0.00292. The number of hydrogen-bond donors (Lipinski definition) is 2. The van der Waals surface area contributed by atoms with Gasteiger partial charge in [-0.05, 0) is 12.1 Å². The third kappa shape index (κ3) is 3.32. The van der Waals surface area contributed by atoms with E-state index < -0.39 is 0 Å². The summed E-state index contributed by atoms with van der Waals surface area (Å²) in [6, 6.07) is 7.16. The number of carbonyl (C=O) groups is 2. The molecule has 1 heterocycles. The topological polar surface area (TPSA) is 53.9 Å². The molecule has 0 atom stereocenters. The summed E-state index contributed by atoms with van der Waals surface area (Å²) in [6.07, 6.45) is 0. The molecule has 0 aromatic heterocycles. The minimum atomic E-state index is -0.164. The fraction of sp³-hybridized carbons (Fsp3) is 0.429. The summed E-state index contributed by atoms with van der Waals surface area (Å²) >= 11 is 0. The summed E-state index contributed by atoms with van der Waals surface area (Å²) in [5, 5.41) is 2.71. The van der Waals surface area contributed by atoms with Gasteiger partial charge in [0.25, 0.3) is 5.91 Å². The zero-order chi connectivity index (χ0) is 13.8. The van der Waals surface area contributed by atoms with Gasteiger partial charge < -0.3 is 15.1 Å². The minimum Gasteiger partial charge on any atom is -0.334 e. The van der Waals surface area contributed by atoms with Crippen LogP contribution in [0.15, 0.2) is 24.3 Å². The molecule has 0 spiro atoms. The van der Waals surface area contributed by atoms with Crippen LogP contribution in [0.25, 0.3) is 0 Å². The van der Waals surface area contributed by atoms with Crippen LogP contribution in [0.3, 0.4) is 0 Å². The number of anilines is 1. The predicted molar refractivity (Wildman–Crippen MR) is 73.3 cm³/mol. The summed E-state index contributed by atoms with van der Waals surface area (Å²) in [5.74, 6) is -0.167. The van der Waals surface area contributed by atoms with Gasteiger partial charge in [0.2, 0.25) is 5.91 Å². The molecule has 0 radical (unpaired) electrons. The first-order valence-corrected chi connectivity index (χ1v) is 6.55. The van der Waals surface area contributed by atoms with Gasteiger partial charge in [0.1, 0.15) is 0 Å². The van der Waals surface area contributed by atoms with Crippen LogP contribution in [0.2, 0.25) is 0 Å². The first-order valence-electron chi connectivity index (χ1n) is 6.55. The van der Waals surface area contributed by atoms with E-state index in [2.05, 4.69) is 12.4 Å². The van der Waals surface area contributed by atoms with Crippen molar-refractivity contribution in [1.29, 1.82) is 0 Å². The van der Waals surface area contributed by atoms with Crippen molar-refractivity contribution >= 4 is 17.5 Å². The number of amides is 2. The molecule has 1 saturated heterocycles. The summed E-state index contributed by atoms with van der Waals surface area (Å²) in [5.41, 5.74) is 1.16. The summed E-state index contributed by atoms with van der Waals surface area (Å²) < 4.78 is 0. The number of benzene rings is 1. The second-order valence-electron chi connectivity index (χ2n) is 4.98. The van der Waals surface area contributed by atoms with Gasteiger partial charge in [-0.1, -0.05) is 12.1 Å². The molecule has 2 N–H and O–H groups in total. The van der Waals surface area contributed by atoms with E-state index in [9.17, 15) is 9.59 Å². The average molecular weight is 262 g/mol. The van der Waals surface area contributed by atoms with Crippen molar-refractivity contribution in [3.8, 4) is 0 Å². The molecule has 0 saturated carbocycles. The van der Waals surface area contributed by atoms with Crippen LogP contribution >= 0.6 is 0 Å². The first-order chi connectivity index (χ1) is 9.08. The van der Waals surface area contributed by atoms with Crippen molar-refractivity contribution in [3.05, 3.63) is 29.8 Å². The number of likely N-dealkylation sites (N-methyl/N-ethyl adjacent to an activating group) is 1. The van der Waals surface area contributed by atoms with E-state index in [1.54, 1.807) is 12.1 Å². The van der Waals surface area contributed by atoms with Crippen molar-refractivity contribution in [2.45, 2.75) is 6.92 Å². The number of quaternary nitrogens is 1. The Hall–Kier alpha value is -1.88. The molecule has 102 valence electrons. The van der Waals surface area contributed by atoms with Crippen LogP contribution in [0.1, 0.15) is 17.3 Å². The lowest BCUT2D eigenvalue weighted by atomic mass is 10.1. The van der Waals surface area contributed by atoms with E-state index in [1.165, 1.54) is 11.8 Å². The Kier molecular flexibility index (Phi) is 4.16. The molecule has 0 bridgehead atoms. The van der Waals surface area contributed by atoms with Gasteiger partial charge >= 0.3 is 0 Å².